The van der Waals surface area contributed by atoms with E-state index in [1.807, 2.05) is 43.4 Å². The molecule has 0 amide bonds. The van der Waals surface area contributed by atoms with Crippen molar-refractivity contribution in [3.63, 3.8) is 0 Å². The van der Waals surface area contributed by atoms with E-state index < -0.39 is 5.97 Å². The van der Waals surface area contributed by atoms with Gasteiger partial charge in [-0.15, -0.1) is 0 Å². The largest absolute Gasteiger partial charge is 0.487 e. The molecular weight excluding hydrogens is 280 g/mol. The summed E-state index contributed by atoms with van der Waals surface area (Å²) in [5, 5.41) is 12.1. The second kappa shape index (κ2) is 7.26. The molecule has 1 aromatic carbocycles. The Morgan fingerprint density at radius 3 is 2.77 bits per heavy atom. The zero-order chi connectivity index (χ0) is 15.9. The molecule has 0 bridgehead atoms. The molecule has 5 heteroatoms. The van der Waals surface area contributed by atoms with Gasteiger partial charge in [-0.3, -0.25) is 4.98 Å². The van der Waals surface area contributed by atoms with Crippen molar-refractivity contribution < 1.29 is 14.6 Å². The summed E-state index contributed by atoms with van der Waals surface area (Å²) >= 11 is 0. The van der Waals surface area contributed by atoms with E-state index in [9.17, 15) is 4.79 Å². The molecule has 1 aromatic heterocycles. The van der Waals surface area contributed by atoms with Gasteiger partial charge < -0.3 is 15.2 Å². The fraction of sp³-hybridized carbons (Fsp3) is 0.176. The molecule has 2 aromatic rings. The lowest BCUT2D eigenvalue weighted by molar-refractivity contribution is -0.136. The maximum atomic E-state index is 11.0. The first-order valence-corrected chi connectivity index (χ1v) is 6.96. The summed E-state index contributed by atoms with van der Waals surface area (Å²) in [6.45, 7) is 2.05. The van der Waals surface area contributed by atoms with Crippen LogP contribution in [0.4, 0.5) is 5.69 Å². The summed E-state index contributed by atoms with van der Waals surface area (Å²) < 4.78 is 5.08. The van der Waals surface area contributed by atoms with E-state index in [0.717, 1.165) is 16.9 Å². The molecule has 0 fully saturated rings. The van der Waals surface area contributed by atoms with E-state index in [0.29, 0.717) is 12.2 Å². The van der Waals surface area contributed by atoms with Crippen molar-refractivity contribution in [1.29, 1.82) is 0 Å². The number of nitrogens with one attached hydrogen (secondary N) is 1. The van der Waals surface area contributed by atoms with Crippen LogP contribution in [-0.4, -0.2) is 29.7 Å². The molecule has 1 heterocycles. The highest BCUT2D eigenvalue weighted by Crippen LogP contribution is 2.21. The fourth-order valence-corrected chi connectivity index (χ4v) is 1.97. The average molecular weight is 298 g/mol. The molecule has 114 valence electrons. The molecule has 2 N–H and O–H groups in total. The van der Waals surface area contributed by atoms with Gasteiger partial charge in [-0.05, 0) is 36.8 Å². The molecule has 5 nitrogen and oxygen atoms in total. The highest BCUT2D eigenvalue weighted by atomic mass is 16.5. The van der Waals surface area contributed by atoms with Gasteiger partial charge in [0.15, 0.2) is 0 Å². The first kappa shape index (κ1) is 15.6. The van der Waals surface area contributed by atoms with E-state index in [1.165, 1.54) is 6.08 Å². The van der Waals surface area contributed by atoms with Crippen LogP contribution in [0.3, 0.4) is 0 Å². The summed E-state index contributed by atoms with van der Waals surface area (Å²) in [5.41, 5.74) is 3.50. The van der Waals surface area contributed by atoms with Gasteiger partial charge in [0.1, 0.15) is 0 Å². The van der Waals surface area contributed by atoms with Crippen LogP contribution in [0, 0.1) is 0 Å². The number of anilines is 1. The summed E-state index contributed by atoms with van der Waals surface area (Å²) in [7, 11) is 1.86. The molecule has 22 heavy (non-hydrogen) atoms. The van der Waals surface area contributed by atoms with Crippen molar-refractivity contribution in [2.75, 3.05) is 19.0 Å². The normalized spacial score (nSPS) is 11.1. The third kappa shape index (κ3) is 3.85. The number of rotatable bonds is 6. The molecule has 0 aliphatic carbocycles. The van der Waals surface area contributed by atoms with E-state index in [2.05, 4.69) is 10.3 Å². The maximum Gasteiger partial charge on any atom is 0.371 e. The van der Waals surface area contributed by atoms with E-state index in [4.69, 9.17) is 9.84 Å². The molecule has 0 atom stereocenters. The third-order valence-corrected chi connectivity index (χ3v) is 3.04. The van der Waals surface area contributed by atoms with Crippen LogP contribution in [-0.2, 0) is 9.53 Å². The Hall–Kier alpha value is -2.82. The molecule has 2 rings (SSSR count). The number of carboxylic acid groups (broad SMARTS) is 1. The SMILES string of the molecule is CCOC(=Cc1ccc(-c2cccc(NC)c2)nc1)C(=O)O. The molecule has 0 aliphatic heterocycles. The van der Waals surface area contributed by atoms with Gasteiger partial charge >= 0.3 is 5.97 Å². The molecule has 0 saturated carbocycles. The minimum atomic E-state index is -1.09. The molecule has 0 aliphatic rings. The number of carboxylic acids is 1. The minimum Gasteiger partial charge on any atom is -0.487 e. The zero-order valence-electron chi connectivity index (χ0n) is 12.5. The van der Waals surface area contributed by atoms with Crippen molar-refractivity contribution >= 4 is 17.7 Å². The highest BCUT2D eigenvalue weighted by Gasteiger charge is 2.08. The smallest absolute Gasteiger partial charge is 0.371 e. The Morgan fingerprint density at radius 1 is 1.36 bits per heavy atom. The van der Waals surface area contributed by atoms with Gasteiger partial charge in [0.2, 0.25) is 5.76 Å². The summed E-state index contributed by atoms with van der Waals surface area (Å²) in [6.07, 6.45) is 3.09. The number of ether oxygens (including phenoxy) is 1. The predicted octanol–water partition coefficient (Wildman–Crippen LogP) is 3.25. The van der Waals surface area contributed by atoms with Crippen molar-refractivity contribution in [3.05, 3.63) is 53.9 Å². The van der Waals surface area contributed by atoms with E-state index in [-0.39, 0.29) is 5.76 Å². The first-order valence-electron chi connectivity index (χ1n) is 6.96. The number of hydrogen-bond acceptors (Lipinski definition) is 4. The lowest BCUT2D eigenvalue weighted by Crippen LogP contribution is -2.04. The Kier molecular flexibility index (Phi) is 5.14. The van der Waals surface area contributed by atoms with E-state index in [1.54, 1.807) is 13.1 Å². The predicted molar refractivity (Wildman–Crippen MR) is 86.5 cm³/mol. The number of pyridine rings is 1. The van der Waals surface area contributed by atoms with Crippen LogP contribution in [0.25, 0.3) is 17.3 Å². The van der Waals surface area contributed by atoms with Gasteiger partial charge in [-0.1, -0.05) is 18.2 Å². The summed E-state index contributed by atoms with van der Waals surface area (Å²) in [6, 6.07) is 11.6. The van der Waals surface area contributed by atoms with Crippen LogP contribution in [0.2, 0.25) is 0 Å². The topological polar surface area (TPSA) is 71.5 Å². The number of nitrogens with zero attached hydrogens (tertiary/aromatic N) is 1. The number of benzene rings is 1. The van der Waals surface area contributed by atoms with Crippen molar-refractivity contribution in [2.24, 2.45) is 0 Å². The van der Waals surface area contributed by atoms with Crippen molar-refractivity contribution in [3.8, 4) is 11.3 Å². The van der Waals surface area contributed by atoms with Crippen LogP contribution < -0.4 is 5.32 Å². The second-order valence-corrected chi connectivity index (χ2v) is 4.55. The Bertz CT molecular complexity index is 679. The minimum absolute atomic E-state index is 0.0887. The van der Waals surface area contributed by atoms with Crippen LogP contribution in [0.5, 0.6) is 0 Å². The van der Waals surface area contributed by atoms with Gasteiger partial charge in [0.25, 0.3) is 0 Å². The first-order chi connectivity index (χ1) is 10.6. The Labute approximate surface area is 129 Å². The maximum absolute atomic E-state index is 11.0. The summed E-state index contributed by atoms with van der Waals surface area (Å²) in [4.78, 5) is 15.4. The Morgan fingerprint density at radius 2 is 2.18 bits per heavy atom. The quantitative estimate of drug-likeness (QED) is 0.632. The fourth-order valence-electron chi connectivity index (χ4n) is 1.97. The molecule has 0 radical (unpaired) electrons. The molecule has 0 unspecified atom stereocenters. The molecule has 0 saturated heterocycles. The van der Waals surface area contributed by atoms with Crippen LogP contribution >= 0.6 is 0 Å². The lowest BCUT2D eigenvalue weighted by atomic mass is 10.1. The Balaban J connectivity index is 2.26. The second-order valence-electron chi connectivity index (χ2n) is 4.55. The van der Waals surface area contributed by atoms with Gasteiger partial charge in [-0.2, -0.15) is 0 Å². The number of hydrogen-bond donors (Lipinski definition) is 2. The van der Waals surface area contributed by atoms with Gasteiger partial charge in [0, 0.05) is 24.5 Å². The van der Waals surface area contributed by atoms with Gasteiger partial charge in [0.05, 0.1) is 12.3 Å². The number of carbonyl (C=O) groups is 1. The number of aromatic nitrogens is 1. The van der Waals surface area contributed by atoms with Crippen molar-refractivity contribution in [2.45, 2.75) is 6.92 Å². The molecule has 0 spiro atoms. The molecular formula is C17H18N2O3. The average Bonchev–Trinajstić information content (AvgIpc) is 2.55. The monoisotopic (exact) mass is 298 g/mol. The highest BCUT2D eigenvalue weighted by molar-refractivity contribution is 5.89. The van der Waals surface area contributed by atoms with Crippen LogP contribution in [0.15, 0.2) is 48.4 Å². The van der Waals surface area contributed by atoms with Gasteiger partial charge in [-0.25, -0.2) is 4.79 Å². The van der Waals surface area contributed by atoms with E-state index >= 15 is 0 Å². The third-order valence-electron chi connectivity index (χ3n) is 3.04. The standard InChI is InChI=1S/C17H18N2O3/c1-3-22-16(17(20)21)9-12-7-8-15(19-11-12)13-5-4-6-14(10-13)18-2/h4-11,18H,3H2,1-2H3,(H,20,21). The number of aliphatic carboxylic acids is 1. The lowest BCUT2D eigenvalue weighted by Gasteiger charge is -2.06. The summed E-state index contributed by atoms with van der Waals surface area (Å²) in [5.74, 6) is -1.18. The zero-order valence-corrected chi connectivity index (χ0v) is 12.5. The van der Waals surface area contributed by atoms with Crippen LogP contribution in [0.1, 0.15) is 12.5 Å². The van der Waals surface area contributed by atoms with Crippen molar-refractivity contribution in [1.82, 2.24) is 4.98 Å².